The Balaban J connectivity index is 2.34. The van der Waals surface area contributed by atoms with Gasteiger partial charge in [-0.2, -0.15) is 0 Å². The zero-order valence-electron chi connectivity index (χ0n) is 12.4. The van der Waals surface area contributed by atoms with Gasteiger partial charge in [-0.25, -0.2) is 0 Å². The van der Waals surface area contributed by atoms with Crippen LogP contribution in [0.2, 0.25) is 0 Å². The molecule has 0 bridgehead atoms. The number of benzene rings is 2. The number of nitrogens with two attached hydrogens (primary N) is 1. The lowest BCUT2D eigenvalue weighted by atomic mass is 9.85. The van der Waals surface area contributed by atoms with Gasteiger partial charge < -0.3 is 10.5 Å². The highest BCUT2D eigenvalue weighted by atomic mass is 19.1. The second-order valence-corrected chi connectivity index (χ2v) is 5.09. The van der Waals surface area contributed by atoms with E-state index >= 15 is 0 Å². The minimum atomic E-state index is -0.639. The van der Waals surface area contributed by atoms with Gasteiger partial charge in [0.2, 0.25) is 0 Å². The Hall–Kier alpha value is -1.71. The first-order valence-electron chi connectivity index (χ1n) is 7.23. The third kappa shape index (κ3) is 3.31. The van der Waals surface area contributed by atoms with Gasteiger partial charge in [0.15, 0.2) is 0 Å². The Kier molecular flexibility index (Phi) is 5.48. The molecule has 0 fully saturated rings. The van der Waals surface area contributed by atoms with Gasteiger partial charge in [-0.3, -0.25) is 4.39 Å². The summed E-state index contributed by atoms with van der Waals surface area (Å²) in [6.45, 7) is 0.0773. The quantitative estimate of drug-likeness (QED) is 0.846. The molecule has 112 valence electrons. The maximum atomic E-state index is 12.2. The highest BCUT2D eigenvalue weighted by Gasteiger charge is 2.32. The fraction of sp³-hybridized carbons (Fsp3) is 0.333. The van der Waals surface area contributed by atoms with Gasteiger partial charge in [0.1, 0.15) is 5.60 Å². The molecular formula is C18H22FNO. The zero-order chi connectivity index (χ0) is 15.1. The van der Waals surface area contributed by atoms with Gasteiger partial charge in [0, 0.05) is 13.7 Å². The van der Waals surface area contributed by atoms with E-state index in [0.717, 1.165) is 23.1 Å². The molecule has 2 aromatic carbocycles. The zero-order valence-corrected chi connectivity index (χ0v) is 12.4. The van der Waals surface area contributed by atoms with E-state index in [2.05, 4.69) is 0 Å². The van der Waals surface area contributed by atoms with Crippen molar-refractivity contribution in [2.75, 3.05) is 20.3 Å². The van der Waals surface area contributed by atoms with Crippen LogP contribution in [0.4, 0.5) is 4.39 Å². The molecule has 0 aliphatic rings. The van der Waals surface area contributed by atoms with Crippen molar-refractivity contribution < 1.29 is 9.13 Å². The molecular weight excluding hydrogens is 265 g/mol. The Labute approximate surface area is 125 Å². The maximum Gasteiger partial charge on any atom is 0.130 e. The third-order valence-corrected chi connectivity index (χ3v) is 3.90. The predicted molar refractivity (Wildman–Crippen MR) is 84.0 cm³/mol. The summed E-state index contributed by atoms with van der Waals surface area (Å²) < 4.78 is 18.0. The lowest BCUT2D eigenvalue weighted by Crippen LogP contribution is -2.38. The van der Waals surface area contributed by atoms with Crippen molar-refractivity contribution in [2.24, 2.45) is 5.73 Å². The number of hydrogen-bond donors (Lipinski definition) is 1. The van der Waals surface area contributed by atoms with Crippen LogP contribution in [0, 0.1) is 0 Å². The van der Waals surface area contributed by atoms with Crippen molar-refractivity contribution in [1.29, 1.82) is 0 Å². The molecule has 2 aromatic rings. The van der Waals surface area contributed by atoms with Gasteiger partial charge in [0.05, 0.1) is 6.67 Å². The molecule has 0 aliphatic carbocycles. The molecule has 2 rings (SSSR count). The van der Waals surface area contributed by atoms with Crippen LogP contribution in [0.1, 0.15) is 23.1 Å². The monoisotopic (exact) mass is 287 g/mol. The van der Waals surface area contributed by atoms with Crippen molar-refractivity contribution in [3.05, 3.63) is 71.3 Å². The molecule has 0 spiro atoms. The van der Waals surface area contributed by atoms with Gasteiger partial charge in [-0.05, 0) is 29.5 Å². The van der Waals surface area contributed by atoms with E-state index in [1.54, 1.807) is 7.11 Å². The molecule has 0 saturated carbocycles. The maximum absolute atomic E-state index is 12.2. The average molecular weight is 287 g/mol. The normalized spacial score (nSPS) is 13.9. The third-order valence-electron chi connectivity index (χ3n) is 3.90. The van der Waals surface area contributed by atoms with Crippen LogP contribution in [-0.4, -0.2) is 20.3 Å². The lowest BCUT2D eigenvalue weighted by Gasteiger charge is -2.32. The second-order valence-electron chi connectivity index (χ2n) is 5.09. The van der Waals surface area contributed by atoms with Crippen LogP contribution < -0.4 is 5.73 Å². The van der Waals surface area contributed by atoms with Crippen LogP contribution in [0.25, 0.3) is 0 Å². The van der Waals surface area contributed by atoms with E-state index in [9.17, 15) is 4.39 Å². The molecule has 1 unspecified atom stereocenters. The summed E-state index contributed by atoms with van der Waals surface area (Å²) >= 11 is 0. The Morgan fingerprint density at radius 2 is 1.62 bits per heavy atom. The van der Waals surface area contributed by atoms with E-state index < -0.39 is 5.60 Å². The Morgan fingerprint density at radius 1 is 1.00 bits per heavy atom. The highest BCUT2D eigenvalue weighted by Crippen LogP contribution is 2.32. The molecule has 0 aromatic heterocycles. The van der Waals surface area contributed by atoms with E-state index in [-0.39, 0.29) is 6.67 Å². The summed E-state index contributed by atoms with van der Waals surface area (Å²) in [5.74, 6) is 0. The van der Waals surface area contributed by atoms with Crippen molar-refractivity contribution in [1.82, 2.24) is 0 Å². The number of aryl methyl sites for hydroxylation is 1. The first kappa shape index (κ1) is 15.7. The van der Waals surface area contributed by atoms with Crippen LogP contribution in [-0.2, 0) is 16.8 Å². The van der Waals surface area contributed by atoms with Gasteiger partial charge >= 0.3 is 0 Å². The van der Waals surface area contributed by atoms with Gasteiger partial charge in [-0.1, -0.05) is 54.6 Å². The number of methoxy groups -OCH3 is 1. The van der Waals surface area contributed by atoms with E-state index in [4.69, 9.17) is 10.5 Å². The highest BCUT2D eigenvalue weighted by molar-refractivity contribution is 5.38. The number of alkyl halides is 1. The smallest absolute Gasteiger partial charge is 0.130 e. The summed E-state index contributed by atoms with van der Waals surface area (Å²) in [7, 11) is 1.68. The molecule has 0 heterocycles. The summed E-state index contributed by atoms with van der Waals surface area (Å²) in [5.41, 5.74) is 8.57. The summed E-state index contributed by atoms with van der Waals surface area (Å²) in [5, 5.41) is 0. The van der Waals surface area contributed by atoms with Crippen LogP contribution in [0.3, 0.4) is 0 Å². The Bertz CT molecular complexity index is 535. The van der Waals surface area contributed by atoms with Gasteiger partial charge in [-0.15, -0.1) is 0 Å². The largest absolute Gasteiger partial charge is 0.367 e. The molecule has 0 radical (unpaired) electrons. The van der Waals surface area contributed by atoms with Gasteiger partial charge in [0.25, 0.3) is 0 Å². The lowest BCUT2D eigenvalue weighted by molar-refractivity contribution is 0.0299. The standard InChI is InChI=1S/C18H22FNO/c1-21-18(14-20,16-7-3-2-4-8-16)17-11-9-15(10-12-17)6-5-13-19/h2-4,7-12H,5-6,13-14,20H2,1H3. The predicted octanol–water partition coefficient (Wildman–Crippen LogP) is 3.44. The second kappa shape index (κ2) is 7.34. The first-order chi connectivity index (χ1) is 10.3. The van der Waals surface area contributed by atoms with Crippen LogP contribution >= 0.6 is 0 Å². The molecule has 3 heteroatoms. The number of rotatable bonds is 7. The molecule has 2 nitrogen and oxygen atoms in total. The first-order valence-corrected chi connectivity index (χ1v) is 7.23. The molecule has 0 amide bonds. The fourth-order valence-electron chi connectivity index (χ4n) is 2.64. The number of halogens is 1. The molecule has 21 heavy (non-hydrogen) atoms. The van der Waals surface area contributed by atoms with Crippen LogP contribution in [0.15, 0.2) is 54.6 Å². The van der Waals surface area contributed by atoms with E-state index in [0.29, 0.717) is 13.0 Å². The minimum Gasteiger partial charge on any atom is -0.367 e. The van der Waals surface area contributed by atoms with E-state index in [1.807, 2.05) is 54.6 Å². The SMILES string of the molecule is COC(CN)(c1ccccc1)c1ccc(CCCF)cc1. The van der Waals surface area contributed by atoms with Crippen LogP contribution in [0.5, 0.6) is 0 Å². The number of hydrogen-bond acceptors (Lipinski definition) is 2. The van der Waals surface area contributed by atoms with Crippen molar-refractivity contribution >= 4 is 0 Å². The average Bonchev–Trinajstić information content (AvgIpc) is 2.57. The minimum absolute atomic E-state index is 0.281. The summed E-state index contributed by atoms with van der Waals surface area (Å²) in [6, 6.07) is 18.1. The molecule has 0 aliphatic heterocycles. The Morgan fingerprint density at radius 3 is 2.14 bits per heavy atom. The van der Waals surface area contributed by atoms with Crippen molar-refractivity contribution in [3.63, 3.8) is 0 Å². The topological polar surface area (TPSA) is 35.2 Å². The summed E-state index contributed by atoms with van der Waals surface area (Å²) in [6.07, 6.45) is 1.31. The van der Waals surface area contributed by atoms with Crippen molar-refractivity contribution in [2.45, 2.75) is 18.4 Å². The van der Waals surface area contributed by atoms with E-state index in [1.165, 1.54) is 0 Å². The summed E-state index contributed by atoms with van der Waals surface area (Å²) in [4.78, 5) is 0. The molecule has 1 atom stereocenters. The number of ether oxygens (including phenoxy) is 1. The fourth-order valence-corrected chi connectivity index (χ4v) is 2.64. The molecule has 0 saturated heterocycles. The molecule has 2 N–H and O–H groups in total. The van der Waals surface area contributed by atoms with Crippen molar-refractivity contribution in [3.8, 4) is 0 Å².